The van der Waals surface area contributed by atoms with Crippen LogP contribution in [-0.4, -0.2) is 25.9 Å². The van der Waals surface area contributed by atoms with Gasteiger partial charge in [0.2, 0.25) is 0 Å². The molecule has 1 saturated heterocycles. The number of nitrogens with zero attached hydrogens (tertiary/aromatic N) is 1. The summed E-state index contributed by atoms with van der Waals surface area (Å²) in [6.45, 7) is 4.46. The Balaban J connectivity index is 2.04. The molecule has 0 aliphatic carbocycles. The summed E-state index contributed by atoms with van der Waals surface area (Å²) < 4.78 is 10.5. The number of nitrogens with one attached hydrogen (secondary N) is 1. The van der Waals surface area contributed by atoms with E-state index in [1.807, 2.05) is 18.2 Å². The van der Waals surface area contributed by atoms with Gasteiger partial charge in [-0.05, 0) is 31.0 Å². The number of ether oxygens (including phenoxy) is 2. The molecule has 2 rings (SSSR count). The summed E-state index contributed by atoms with van der Waals surface area (Å²) in [7, 11) is 1.57. The molecule has 1 aliphatic rings. The fourth-order valence-corrected chi connectivity index (χ4v) is 2.07. The summed E-state index contributed by atoms with van der Waals surface area (Å²) >= 11 is 0. The summed E-state index contributed by atoms with van der Waals surface area (Å²) in [5, 5.41) is 12.5. The van der Waals surface area contributed by atoms with E-state index >= 15 is 0 Å². The van der Waals surface area contributed by atoms with Crippen molar-refractivity contribution in [3.05, 3.63) is 29.3 Å². The van der Waals surface area contributed by atoms with E-state index in [0.29, 0.717) is 11.3 Å². The SMILES string of the molecule is COc1ccc(CNC2(C)CCOC2)cc1C#N. The van der Waals surface area contributed by atoms with Crippen LogP contribution in [0.2, 0.25) is 0 Å². The molecule has 1 atom stereocenters. The Kier molecular flexibility index (Phi) is 3.85. The Morgan fingerprint density at radius 3 is 3.00 bits per heavy atom. The molecule has 1 aliphatic heterocycles. The van der Waals surface area contributed by atoms with Gasteiger partial charge in [-0.25, -0.2) is 0 Å². The quantitative estimate of drug-likeness (QED) is 0.880. The molecule has 0 amide bonds. The summed E-state index contributed by atoms with van der Waals surface area (Å²) in [6.07, 6.45) is 1.02. The largest absolute Gasteiger partial charge is 0.495 e. The first-order valence-corrected chi connectivity index (χ1v) is 6.07. The Morgan fingerprint density at radius 2 is 2.39 bits per heavy atom. The van der Waals surface area contributed by atoms with Crippen molar-refractivity contribution >= 4 is 0 Å². The van der Waals surface area contributed by atoms with Crippen molar-refractivity contribution < 1.29 is 9.47 Å². The van der Waals surface area contributed by atoms with Gasteiger partial charge in [0.15, 0.2) is 0 Å². The third-order valence-corrected chi connectivity index (χ3v) is 3.32. The normalized spacial score (nSPS) is 22.7. The second-order valence-electron chi connectivity index (χ2n) is 4.86. The van der Waals surface area contributed by atoms with E-state index in [0.717, 1.165) is 31.7 Å². The lowest BCUT2D eigenvalue weighted by Gasteiger charge is -2.23. The van der Waals surface area contributed by atoms with Gasteiger partial charge < -0.3 is 14.8 Å². The van der Waals surface area contributed by atoms with Gasteiger partial charge in [-0.3, -0.25) is 0 Å². The molecule has 4 heteroatoms. The van der Waals surface area contributed by atoms with Crippen LogP contribution in [0.15, 0.2) is 18.2 Å². The Morgan fingerprint density at radius 1 is 1.56 bits per heavy atom. The molecule has 0 spiro atoms. The second-order valence-corrected chi connectivity index (χ2v) is 4.86. The maximum Gasteiger partial charge on any atom is 0.136 e. The molecule has 1 N–H and O–H groups in total. The average Bonchev–Trinajstić information content (AvgIpc) is 2.83. The van der Waals surface area contributed by atoms with Crippen LogP contribution >= 0.6 is 0 Å². The van der Waals surface area contributed by atoms with Crippen LogP contribution in [0.1, 0.15) is 24.5 Å². The van der Waals surface area contributed by atoms with Crippen LogP contribution in [-0.2, 0) is 11.3 Å². The van der Waals surface area contributed by atoms with Crippen molar-refractivity contribution in [2.75, 3.05) is 20.3 Å². The molecule has 1 unspecified atom stereocenters. The van der Waals surface area contributed by atoms with Crippen LogP contribution in [0.4, 0.5) is 0 Å². The minimum Gasteiger partial charge on any atom is -0.495 e. The maximum absolute atomic E-state index is 9.03. The van der Waals surface area contributed by atoms with Gasteiger partial charge in [0.25, 0.3) is 0 Å². The fraction of sp³-hybridized carbons (Fsp3) is 0.500. The minimum absolute atomic E-state index is 0.0483. The predicted octanol–water partition coefficient (Wildman–Crippen LogP) is 1.84. The second kappa shape index (κ2) is 5.38. The fourth-order valence-electron chi connectivity index (χ4n) is 2.07. The smallest absolute Gasteiger partial charge is 0.136 e. The van der Waals surface area contributed by atoms with Crippen molar-refractivity contribution in [3.8, 4) is 11.8 Å². The van der Waals surface area contributed by atoms with Gasteiger partial charge in [0, 0.05) is 18.7 Å². The maximum atomic E-state index is 9.03. The van der Waals surface area contributed by atoms with E-state index in [4.69, 9.17) is 14.7 Å². The lowest BCUT2D eigenvalue weighted by atomic mass is 10.0. The summed E-state index contributed by atoms with van der Waals surface area (Å²) in [5.41, 5.74) is 1.71. The third kappa shape index (κ3) is 2.81. The molecule has 1 heterocycles. The highest BCUT2D eigenvalue weighted by atomic mass is 16.5. The molecule has 0 radical (unpaired) electrons. The lowest BCUT2D eigenvalue weighted by Crippen LogP contribution is -2.42. The van der Waals surface area contributed by atoms with Gasteiger partial charge in [-0.1, -0.05) is 6.07 Å². The van der Waals surface area contributed by atoms with Crippen LogP contribution < -0.4 is 10.1 Å². The van der Waals surface area contributed by atoms with Gasteiger partial charge >= 0.3 is 0 Å². The Bertz CT molecular complexity index is 459. The predicted molar refractivity (Wildman–Crippen MR) is 68.4 cm³/mol. The lowest BCUT2D eigenvalue weighted by molar-refractivity contribution is 0.171. The number of benzene rings is 1. The molecule has 96 valence electrons. The Labute approximate surface area is 108 Å². The molecule has 1 fully saturated rings. The summed E-state index contributed by atoms with van der Waals surface area (Å²) in [6, 6.07) is 7.83. The topological polar surface area (TPSA) is 54.3 Å². The van der Waals surface area contributed by atoms with E-state index in [-0.39, 0.29) is 5.54 Å². The first-order chi connectivity index (χ1) is 8.67. The van der Waals surface area contributed by atoms with Crippen LogP contribution in [0.25, 0.3) is 0 Å². The highest BCUT2D eigenvalue weighted by molar-refractivity contribution is 5.45. The molecular weight excluding hydrogens is 228 g/mol. The monoisotopic (exact) mass is 246 g/mol. The van der Waals surface area contributed by atoms with Gasteiger partial charge in [0.1, 0.15) is 11.8 Å². The number of rotatable bonds is 4. The van der Waals surface area contributed by atoms with Crippen molar-refractivity contribution in [2.45, 2.75) is 25.4 Å². The molecule has 4 nitrogen and oxygen atoms in total. The number of methoxy groups -OCH3 is 1. The van der Waals surface area contributed by atoms with Crippen molar-refractivity contribution in [1.82, 2.24) is 5.32 Å². The summed E-state index contributed by atoms with van der Waals surface area (Å²) in [5.74, 6) is 0.622. The van der Waals surface area contributed by atoms with E-state index < -0.39 is 0 Å². The van der Waals surface area contributed by atoms with Crippen molar-refractivity contribution in [3.63, 3.8) is 0 Å². The number of nitriles is 1. The Hall–Kier alpha value is -1.57. The number of hydrogen-bond acceptors (Lipinski definition) is 4. The van der Waals surface area contributed by atoms with Gasteiger partial charge in [0.05, 0.1) is 19.3 Å². The van der Waals surface area contributed by atoms with Gasteiger partial charge in [-0.2, -0.15) is 5.26 Å². The average molecular weight is 246 g/mol. The van der Waals surface area contributed by atoms with E-state index in [1.165, 1.54) is 0 Å². The molecule has 1 aromatic rings. The van der Waals surface area contributed by atoms with E-state index in [9.17, 15) is 0 Å². The van der Waals surface area contributed by atoms with Crippen LogP contribution in [0.5, 0.6) is 5.75 Å². The third-order valence-electron chi connectivity index (χ3n) is 3.32. The van der Waals surface area contributed by atoms with Crippen molar-refractivity contribution in [1.29, 1.82) is 5.26 Å². The molecule has 0 saturated carbocycles. The summed E-state index contributed by atoms with van der Waals surface area (Å²) in [4.78, 5) is 0. The van der Waals surface area contributed by atoms with E-state index in [2.05, 4.69) is 18.3 Å². The number of hydrogen-bond donors (Lipinski definition) is 1. The first kappa shape index (κ1) is 12.9. The highest BCUT2D eigenvalue weighted by Gasteiger charge is 2.28. The minimum atomic E-state index is 0.0483. The highest BCUT2D eigenvalue weighted by Crippen LogP contribution is 2.21. The standard InChI is InChI=1S/C14H18N2O2/c1-14(5-6-18-10-14)16-9-11-3-4-13(17-2)12(7-11)8-15/h3-4,7,16H,5-6,9-10H2,1-2H3. The van der Waals surface area contributed by atoms with Crippen LogP contribution in [0, 0.1) is 11.3 Å². The molecule has 0 bridgehead atoms. The van der Waals surface area contributed by atoms with Gasteiger partial charge in [-0.15, -0.1) is 0 Å². The molecule has 1 aromatic carbocycles. The first-order valence-electron chi connectivity index (χ1n) is 6.07. The molecule has 18 heavy (non-hydrogen) atoms. The molecule has 0 aromatic heterocycles. The zero-order valence-electron chi connectivity index (χ0n) is 10.8. The zero-order valence-corrected chi connectivity index (χ0v) is 10.8. The zero-order chi connectivity index (χ0) is 13.0. The molecular formula is C14H18N2O2. The van der Waals surface area contributed by atoms with Crippen molar-refractivity contribution in [2.24, 2.45) is 0 Å². The van der Waals surface area contributed by atoms with E-state index in [1.54, 1.807) is 7.11 Å². The van der Waals surface area contributed by atoms with Crippen LogP contribution in [0.3, 0.4) is 0 Å².